The summed E-state index contributed by atoms with van der Waals surface area (Å²) in [6, 6.07) is 17.1. The highest BCUT2D eigenvalue weighted by Crippen LogP contribution is 2.36. The van der Waals surface area contributed by atoms with Crippen molar-refractivity contribution in [3.05, 3.63) is 94.4 Å². The Kier molecular flexibility index (Phi) is 11.7. The number of hydrogen-bond donors (Lipinski definition) is 2. The number of carbonyl (C=O) groups is 2. The smallest absolute Gasteiger partial charge is 0.325 e. The van der Waals surface area contributed by atoms with E-state index in [4.69, 9.17) is 19.2 Å². The highest BCUT2D eigenvalue weighted by molar-refractivity contribution is 5.76. The van der Waals surface area contributed by atoms with Crippen LogP contribution in [0.2, 0.25) is 0 Å². The number of likely N-dealkylation sites (tertiary alicyclic amines) is 1. The number of hydrogen-bond acceptors (Lipinski definition) is 8. The van der Waals surface area contributed by atoms with Crippen molar-refractivity contribution in [3.8, 4) is 0 Å². The molecule has 10 heteroatoms. The fraction of sp³-hybridized carbons (Fsp3) is 0.500. The summed E-state index contributed by atoms with van der Waals surface area (Å²) in [5, 5.41) is 13.9. The maximum Gasteiger partial charge on any atom is 0.325 e. The minimum Gasteiger partial charge on any atom is -0.480 e. The van der Waals surface area contributed by atoms with Crippen molar-refractivity contribution in [3.63, 3.8) is 0 Å². The summed E-state index contributed by atoms with van der Waals surface area (Å²) in [4.78, 5) is 33.1. The molecule has 2 saturated heterocycles. The summed E-state index contributed by atoms with van der Waals surface area (Å²) in [6.45, 7) is 3.31. The van der Waals surface area contributed by atoms with Crippen LogP contribution in [0.25, 0.3) is 0 Å². The van der Waals surface area contributed by atoms with Gasteiger partial charge in [-0.15, -0.1) is 0 Å². The number of nitrogens with one attached hydrogen (secondary N) is 1. The van der Waals surface area contributed by atoms with Crippen LogP contribution in [-0.4, -0.2) is 65.9 Å². The van der Waals surface area contributed by atoms with Gasteiger partial charge in [0.1, 0.15) is 24.3 Å². The van der Waals surface area contributed by atoms with Crippen molar-refractivity contribution >= 4 is 17.8 Å². The Bertz CT molecular complexity index is 1530. The van der Waals surface area contributed by atoms with Crippen molar-refractivity contribution in [1.82, 2.24) is 9.88 Å². The molecule has 2 fully saturated rings. The zero-order chi connectivity index (χ0) is 33.3. The van der Waals surface area contributed by atoms with Crippen LogP contribution in [0.1, 0.15) is 72.5 Å². The molecular formula is C38H46FN3O6. The molecule has 4 heterocycles. The van der Waals surface area contributed by atoms with Gasteiger partial charge in [-0.05, 0) is 97.9 Å². The number of unbranched alkanes of at least 4 members (excludes halogenated alkanes) is 1. The van der Waals surface area contributed by atoms with Crippen LogP contribution in [0.5, 0.6) is 0 Å². The van der Waals surface area contributed by atoms with Gasteiger partial charge >= 0.3 is 11.9 Å². The van der Waals surface area contributed by atoms with Gasteiger partial charge in [0, 0.05) is 25.4 Å². The van der Waals surface area contributed by atoms with Crippen molar-refractivity contribution in [2.24, 2.45) is 11.8 Å². The average Bonchev–Trinajstić information content (AvgIpc) is 3.80. The van der Waals surface area contributed by atoms with E-state index in [9.17, 15) is 19.1 Å². The zero-order valence-electron chi connectivity index (χ0n) is 27.5. The fourth-order valence-electron chi connectivity index (χ4n) is 7.23. The molecule has 0 saturated carbocycles. The molecule has 4 atom stereocenters. The highest BCUT2D eigenvalue weighted by atomic mass is 19.1. The average molecular weight is 660 g/mol. The van der Waals surface area contributed by atoms with Gasteiger partial charge < -0.3 is 24.6 Å². The number of halogens is 1. The number of benzene rings is 2. The lowest BCUT2D eigenvalue weighted by atomic mass is 9.86. The van der Waals surface area contributed by atoms with Crippen LogP contribution in [0, 0.1) is 17.7 Å². The molecule has 0 amide bonds. The normalized spacial score (nSPS) is 20.5. The molecule has 1 unspecified atom stereocenters. The Morgan fingerprint density at radius 2 is 1.96 bits per heavy atom. The first-order valence-electron chi connectivity index (χ1n) is 17.3. The van der Waals surface area contributed by atoms with Crippen LogP contribution in [0.4, 0.5) is 10.2 Å². The SMILES string of the molecule is O=C(OCc1ccccc1)C(CCCCc1ccc2c(n1)NCCC2)[C@@H]1CCN([C@@H](C(=O)O)c2cc(F)ccc2CO[C@H]2CCOC2)C1. The number of carboxylic acid groups (broad SMARTS) is 1. The summed E-state index contributed by atoms with van der Waals surface area (Å²) < 4.78 is 31.8. The number of esters is 1. The Morgan fingerprint density at radius 1 is 1.08 bits per heavy atom. The minimum absolute atomic E-state index is 0.0651. The van der Waals surface area contributed by atoms with Crippen molar-refractivity contribution < 1.29 is 33.3 Å². The molecule has 6 rings (SSSR count). The van der Waals surface area contributed by atoms with Gasteiger partial charge in [-0.2, -0.15) is 0 Å². The predicted octanol–water partition coefficient (Wildman–Crippen LogP) is 6.10. The standard InChI is InChI=1S/C38H46FN3O6/c39-30-14-12-29(24-47-32-17-20-46-25-32)34(21-30)35(37(43)44)42-19-16-28(22-42)33(38(45)48-23-26-7-2-1-3-8-26)11-5-4-10-31-15-13-27-9-6-18-40-36(27)41-31/h1-3,7-8,12-15,21,28,32-33,35H,4-6,9-11,16-20,22-25H2,(H,40,41)(H,43,44)/t28-,32+,33?,35-/m1/s1. The number of nitrogens with zero attached hydrogens (tertiary/aromatic N) is 2. The second kappa shape index (κ2) is 16.5. The van der Waals surface area contributed by atoms with Crippen molar-refractivity contribution in [2.75, 3.05) is 38.2 Å². The molecule has 1 aromatic heterocycles. The summed E-state index contributed by atoms with van der Waals surface area (Å²) in [6.07, 6.45) is 6.66. The maximum absolute atomic E-state index is 14.6. The first-order valence-corrected chi connectivity index (χ1v) is 17.3. The van der Waals surface area contributed by atoms with E-state index in [1.807, 2.05) is 35.2 Å². The maximum atomic E-state index is 14.6. The van der Waals surface area contributed by atoms with E-state index in [1.165, 1.54) is 17.7 Å². The van der Waals surface area contributed by atoms with E-state index >= 15 is 0 Å². The largest absolute Gasteiger partial charge is 0.480 e. The molecule has 48 heavy (non-hydrogen) atoms. The molecule has 256 valence electrons. The number of aliphatic carboxylic acids is 1. The molecule has 0 spiro atoms. The second-order valence-electron chi connectivity index (χ2n) is 13.2. The van der Waals surface area contributed by atoms with E-state index in [0.29, 0.717) is 50.3 Å². The number of carboxylic acids is 1. The van der Waals surface area contributed by atoms with Gasteiger partial charge in [-0.25, -0.2) is 9.37 Å². The number of carbonyl (C=O) groups excluding carboxylic acids is 1. The molecule has 9 nitrogen and oxygen atoms in total. The topological polar surface area (TPSA) is 110 Å². The summed E-state index contributed by atoms with van der Waals surface area (Å²) in [7, 11) is 0. The van der Waals surface area contributed by atoms with E-state index in [1.54, 1.807) is 6.07 Å². The van der Waals surface area contributed by atoms with Crippen LogP contribution in [-0.2, 0) is 49.9 Å². The van der Waals surface area contributed by atoms with E-state index < -0.39 is 17.8 Å². The molecule has 0 bridgehead atoms. The Hall–Kier alpha value is -3.86. The van der Waals surface area contributed by atoms with Crippen molar-refractivity contribution in [1.29, 1.82) is 0 Å². The first kappa shape index (κ1) is 34.0. The number of anilines is 1. The number of aryl methyl sites for hydroxylation is 2. The third-order valence-corrected chi connectivity index (χ3v) is 9.87. The van der Waals surface area contributed by atoms with E-state index in [-0.39, 0.29) is 37.1 Å². The van der Waals surface area contributed by atoms with E-state index in [2.05, 4.69) is 17.4 Å². The number of ether oxygens (including phenoxy) is 3. The van der Waals surface area contributed by atoms with Gasteiger partial charge in [0.15, 0.2) is 0 Å². The van der Waals surface area contributed by atoms with Crippen molar-refractivity contribution in [2.45, 2.75) is 76.7 Å². The van der Waals surface area contributed by atoms with Crippen LogP contribution >= 0.6 is 0 Å². The van der Waals surface area contributed by atoms with Crippen LogP contribution in [0.15, 0.2) is 60.7 Å². The lowest BCUT2D eigenvalue weighted by molar-refractivity contribution is -0.152. The lowest BCUT2D eigenvalue weighted by Gasteiger charge is -2.28. The zero-order valence-corrected chi connectivity index (χ0v) is 27.5. The number of aromatic nitrogens is 1. The Morgan fingerprint density at radius 3 is 2.77 bits per heavy atom. The molecular weight excluding hydrogens is 613 g/mol. The molecule has 3 aliphatic rings. The van der Waals surface area contributed by atoms with Gasteiger partial charge in [0.25, 0.3) is 0 Å². The number of rotatable bonds is 15. The number of fused-ring (bicyclic) bond motifs is 1. The molecule has 2 N–H and O–H groups in total. The van der Waals surface area contributed by atoms with Gasteiger partial charge in [-0.3, -0.25) is 14.5 Å². The van der Waals surface area contributed by atoms with E-state index in [0.717, 1.165) is 62.1 Å². The number of pyridine rings is 1. The summed E-state index contributed by atoms with van der Waals surface area (Å²) in [5.74, 6) is -1.30. The molecule has 2 aromatic carbocycles. The second-order valence-corrected chi connectivity index (χ2v) is 13.2. The Labute approximate surface area is 281 Å². The quantitative estimate of drug-likeness (QED) is 0.148. The monoisotopic (exact) mass is 659 g/mol. The first-order chi connectivity index (χ1) is 23.4. The Balaban J connectivity index is 1.13. The van der Waals surface area contributed by atoms with Gasteiger partial charge in [-0.1, -0.05) is 48.9 Å². The third-order valence-electron chi connectivity index (χ3n) is 9.87. The molecule has 0 radical (unpaired) electrons. The summed E-state index contributed by atoms with van der Waals surface area (Å²) in [5.41, 5.74) is 4.25. The molecule has 0 aliphatic carbocycles. The third kappa shape index (κ3) is 8.78. The van der Waals surface area contributed by atoms with Crippen LogP contribution < -0.4 is 5.32 Å². The molecule has 3 aromatic rings. The summed E-state index contributed by atoms with van der Waals surface area (Å²) >= 11 is 0. The predicted molar refractivity (Wildman–Crippen MR) is 179 cm³/mol. The highest BCUT2D eigenvalue weighted by Gasteiger charge is 2.40. The van der Waals surface area contributed by atoms with Gasteiger partial charge in [0.05, 0.1) is 25.2 Å². The van der Waals surface area contributed by atoms with Gasteiger partial charge in [0.2, 0.25) is 0 Å². The molecule has 3 aliphatic heterocycles. The van der Waals surface area contributed by atoms with Crippen LogP contribution in [0.3, 0.4) is 0 Å². The minimum atomic E-state index is -1.06. The fourth-order valence-corrected chi connectivity index (χ4v) is 7.23. The lowest BCUT2D eigenvalue weighted by Crippen LogP contribution is -2.35.